The molecular weight excluding hydrogens is 409 g/mol. The van der Waals surface area contributed by atoms with Crippen LogP contribution < -0.4 is 10.5 Å². The number of pyridine rings is 1. The highest BCUT2D eigenvalue weighted by molar-refractivity contribution is 5.89. The lowest BCUT2D eigenvalue weighted by Gasteiger charge is -2.35. The number of piperazine rings is 1. The van der Waals surface area contributed by atoms with Crippen molar-refractivity contribution in [2.24, 2.45) is 0 Å². The predicted molar refractivity (Wildman–Crippen MR) is 120 cm³/mol. The van der Waals surface area contributed by atoms with Gasteiger partial charge in [0, 0.05) is 68.2 Å². The van der Waals surface area contributed by atoms with Gasteiger partial charge in [-0.2, -0.15) is 5.10 Å². The van der Waals surface area contributed by atoms with Gasteiger partial charge >= 0.3 is 0 Å². The van der Waals surface area contributed by atoms with E-state index in [0.29, 0.717) is 12.1 Å². The Kier molecular flexibility index (Phi) is 5.55. The minimum Gasteiger partial charge on any atom is -0.353 e. The van der Waals surface area contributed by atoms with Crippen LogP contribution in [0.25, 0.3) is 22.2 Å². The monoisotopic (exact) mass is 431 g/mol. The normalized spacial score (nSPS) is 14.7. The molecular formula is C23H22FN7O. The van der Waals surface area contributed by atoms with Crippen LogP contribution in [0, 0.1) is 5.82 Å². The molecule has 1 fully saturated rings. The second-order valence-corrected chi connectivity index (χ2v) is 7.70. The molecule has 0 atom stereocenters. The predicted octanol–water partition coefficient (Wildman–Crippen LogP) is 2.21. The van der Waals surface area contributed by atoms with Gasteiger partial charge in [0.2, 0.25) is 0 Å². The molecule has 1 saturated heterocycles. The minimum absolute atomic E-state index is 0.110. The van der Waals surface area contributed by atoms with Crippen molar-refractivity contribution in [2.75, 3.05) is 37.6 Å². The number of fused-ring (bicyclic) bond motifs is 1. The van der Waals surface area contributed by atoms with Crippen molar-refractivity contribution >= 4 is 16.7 Å². The van der Waals surface area contributed by atoms with Gasteiger partial charge in [-0.25, -0.2) is 19.0 Å². The Labute approximate surface area is 184 Å². The first-order chi connectivity index (χ1) is 15.7. The fourth-order valence-electron chi connectivity index (χ4n) is 3.97. The van der Waals surface area contributed by atoms with E-state index in [1.54, 1.807) is 30.6 Å². The summed E-state index contributed by atoms with van der Waals surface area (Å²) >= 11 is 0. The first-order valence-corrected chi connectivity index (χ1v) is 10.5. The lowest BCUT2D eigenvalue weighted by atomic mass is 10.2. The van der Waals surface area contributed by atoms with Crippen LogP contribution in [0.3, 0.4) is 0 Å². The van der Waals surface area contributed by atoms with Crippen molar-refractivity contribution in [3.05, 3.63) is 77.4 Å². The van der Waals surface area contributed by atoms with Gasteiger partial charge in [-0.3, -0.25) is 14.7 Å². The zero-order chi connectivity index (χ0) is 21.9. The number of rotatable bonds is 5. The highest BCUT2D eigenvalue weighted by Crippen LogP contribution is 2.24. The third-order valence-electron chi connectivity index (χ3n) is 5.72. The molecule has 0 aliphatic carbocycles. The number of halogens is 1. The summed E-state index contributed by atoms with van der Waals surface area (Å²) in [5, 5.41) is 5.38. The largest absolute Gasteiger partial charge is 0.353 e. The van der Waals surface area contributed by atoms with E-state index in [1.807, 2.05) is 12.1 Å². The van der Waals surface area contributed by atoms with Gasteiger partial charge in [-0.05, 0) is 30.3 Å². The number of aromatic nitrogens is 5. The second-order valence-electron chi connectivity index (χ2n) is 7.70. The van der Waals surface area contributed by atoms with Crippen LogP contribution >= 0.6 is 0 Å². The number of anilines is 1. The Morgan fingerprint density at radius 3 is 2.53 bits per heavy atom. The molecule has 0 N–H and O–H groups in total. The van der Waals surface area contributed by atoms with Gasteiger partial charge < -0.3 is 4.90 Å². The molecule has 8 nitrogen and oxygen atoms in total. The summed E-state index contributed by atoms with van der Waals surface area (Å²) in [6, 6.07) is 11.7. The van der Waals surface area contributed by atoms with E-state index in [-0.39, 0.29) is 11.4 Å². The standard InChI is InChI=1S/C23H22FN7O/c24-18-1-2-19-21(15-18)26-16-27-23(19)30-12-9-29(10-13-30)11-14-31-22(32)4-3-20(28-31)17-5-7-25-8-6-17/h1-8,15-16H,9-14H2. The van der Waals surface area contributed by atoms with Crippen LogP contribution in [-0.4, -0.2) is 62.4 Å². The summed E-state index contributed by atoms with van der Waals surface area (Å²) < 4.78 is 15.0. The number of nitrogens with zero attached hydrogens (tertiary/aromatic N) is 7. The highest BCUT2D eigenvalue weighted by atomic mass is 19.1. The Morgan fingerprint density at radius 1 is 0.906 bits per heavy atom. The summed E-state index contributed by atoms with van der Waals surface area (Å²) in [6.07, 6.45) is 4.91. The second kappa shape index (κ2) is 8.80. The molecule has 0 spiro atoms. The molecule has 0 unspecified atom stereocenters. The molecule has 32 heavy (non-hydrogen) atoms. The van der Waals surface area contributed by atoms with Crippen LogP contribution in [0.2, 0.25) is 0 Å². The summed E-state index contributed by atoms with van der Waals surface area (Å²) in [7, 11) is 0. The quantitative estimate of drug-likeness (QED) is 0.479. The fraction of sp³-hybridized carbons (Fsp3) is 0.261. The third-order valence-corrected chi connectivity index (χ3v) is 5.72. The maximum Gasteiger partial charge on any atom is 0.266 e. The summed E-state index contributed by atoms with van der Waals surface area (Å²) in [5.74, 6) is 0.529. The van der Waals surface area contributed by atoms with Crippen molar-refractivity contribution in [1.82, 2.24) is 29.6 Å². The molecule has 3 aromatic heterocycles. The number of benzene rings is 1. The Bertz CT molecular complexity index is 1290. The minimum atomic E-state index is -0.302. The molecule has 0 bridgehead atoms. The number of hydrogen-bond acceptors (Lipinski definition) is 7. The summed E-state index contributed by atoms with van der Waals surface area (Å²) in [4.78, 5) is 29.4. The Balaban J connectivity index is 1.23. The summed E-state index contributed by atoms with van der Waals surface area (Å²) in [5.41, 5.74) is 2.18. The van der Waals surface area contributed by atoms with Gasteiger partial charge in [0.15, 0.2) is 0 Å². The van der Waals surface area contributed by atoms with E-state index in [0.717, 1.165) is 55.2 Å². The molecule has 162 valence electrons. The van der Waals surface area contributed by atoms with Gasteiger partial charge in [0.1, 0.15) is 18.0 Å². The lowest BCUT2D eigenvalue weighted by Crippen LogP contribution is -2.48. The lowest BCUT2D eigenvalue weighted by molar-refractivity contribution is 0.242. The molecule has 1 aliphatic rings. The molecule has 9 heteroatoms. The first kappa shape index (κ1) is 20.2. The first-order valence-electron chi connectivity index (χ1n) is 10.5. The molecule has 1 aliphatic heterocycles. The van der Waals surface area contributed by atoms with Crippen molar-refractivity contribution in [1.29, 1.82) is 0 Å². The molecule has 1 aromatic carbocycles. The van der Waals surface area contributed by atoms with E-state index < -0.39 is 0 Å². The van der Waals surface area contributed by atoms with Crippen LogP contribution in [0.1, 0.15) is 0 Å². The van der Waals surface area contributed by atoms with Crippen LogP contribution in [0.4, 0.5) is 10.2 Å². The van der Waals surface area contributed by atoms with Crippen molar-refractivity contribution < 1.29 is 4.39 Å². The van der Waals surface area contributed by atoms with Crippen molar-refractivity contribution in [3.63, 3.8) is 0 Å². The van der Waals surface area contributed by atoms with E-state index in [4.69, 9.17) is 0 Å². The van der Waals surface area contributed by atoms with Crippen LogP contribution in [0.5, 0.6) is 0 Å². The van der Waals surface area contributed by atoms with E-state index in [1.165, 1.54) is 23.1 Å². The highest BCUT2D eigenvalue weighted by Gasteiger charge is 2.20. The maximum atomic E-state index is 13.5. The SMILES string of the molecule is O=c1ccc(-c2ccncc2)nn1CCN1CCN(c2ncnc3cc(F)ccc23)CC1. The summed E-state index contributed by atoms with van der Waals surface area (Å²) in [6.45, 7) is 4.52. The molecule has 0 saturated carbocycles. The van der Waals surface area contributed by atoms with Crippen molar-refractivity contribution in [3.8, 4) is 11.3 Å². The molecule has 0 amide bonds. The Hall–Kier alpha value is -3.72. The maximum absolute atomic E-state index is 13.5. The van der Waals surface area contributed by atoms with Gasteiger partial charge in [0.05, 0.1) is 17.8 Å². The molecule has 4 aromatic rings. The molecule has 4 heterocycles. The van der Waals surface area contributed by atoms with Gasteiger partial charge in [-0.1, -0.05) is 0 Å². The smallest absolute Gasteiger partial charge is 0.266 e. The van der Waals surface area contributed by atoms with Gasteiger partial charge in [-0.15, -0.1) is 0 Å². The zero-order valence-corrected chi connectivity index (χ0v) is 17.4. The van der Waals surface area contributed by atoms with Crippen LogP contribution in [0.15, 0.2) is 66.0 Å². The van der Waals surface area contributed by atoms with E-state index in [9.17, 15) is 9.18 Å². The topological polar surface area (TPSA) is 80.0 Å². The average Bonchev–Trinajstić information content (AvgIpc) is 2.84. The fourth-order valence-corrected chi connectivity index (χ4v) is 3.97. The zero-order valence-electron chi connectivity index (χ0n) is 17.4. The third kappa shape index (κ3) is 4.19. The van der Waals surface area contributed by atoms with Crippen molar-refractivity contribution in [2.45, 2.75) is 6.54 Å². The van der Waals surface area contributed by atoms with E-state index >= 15 is 0 Å². The Morgan fingerprint density at radius 2 is 1.72 bits per heavy atom. The van der Waals surface area contributed by atoms with E-state index in [2.05, 4.69) is 29.9 Å². The average molecular weight is 431 g/mol. The van der Waals surface area contributed by atoms with Crippen LogP contribution in [-0.2, 0) is 6.54 Å². The number of hydrogen-bond donors (Lipinski definition) is 0. The van der Waals surface area contributed by atoms with Gasteiger partial charge in [0.25, 0.3) is 5.56 Å². The molecule has 5 rings (SSSR count). The molecule has 0 radical (unpaired) electrons.